The molecule has 2 heterocycles. The van der Waals surface area contributed by atoms with Crippen molar-refractivity contribution in [3.05, 3.63) is 23.8 Å². The predicted molar refractivity (Wildman–Crippen MR) is 154 cm³/mol. The van der Waals surface area contributed by atoms with Crippen molar-refractivity contribution in [1.29, 1.82) is 0 Å². The molecule has 1 aromatic carbocycles. The Balaban J connectivity index is 1.67. The van der Waals surface area contributed by atoms with Crippen LogP contribution in [0.1, 0.15) is 72.3 Å². The monoisotopic (exact) mass is 572 g/mol. The molecule has 41 heavy (non-hydrogen) atoms. The second-order valence-electron chi connectivity index (χ2n) is 12.8. The number of pyridine rings is 1. The van der Waals surface area contributed by atoms with Crippen LogP contribution in [-0.4, -0.2) is 78.8 Å². The maximum atomic E-state index is 13.0. The summed E-state index contributed by atoms with van der Waals surface area (Å²) < 4.78 is 28.6. The second kappa shape index (κ2) is 11.9. The number of ether oxygens (including phenoxy) is 5. The van der Waals surface area contributed by atoms with E-state index in [2.05, 4.69) is 24.9 Å². The van der Waals surface area contributed by atoms with Gasteiger partial charge in [0, 0.05) is 30.5 Å². The number of methoxy groups -OCH3 is 2. The zero-order valence-corrected chi connectivity index (χ0v) is 25.5. The van der Waals surface area contributed by atoms with Gasteiger partial charge >= 0.3 is 12.1 Å². The number of carbonyl (C=O) groups excluding carboxylic acids is 2. The van der Waals surface area contributed by atoms with Crippen LogP contribution < -0.4 is 14.2 Å². The molecule has 1 saturated carbocycles. The van der Waals surface area contributed by atoms with Crippen LogP contribution in [0.25, 0.3) is 10.9 Å². The number of aliphatic hydroxyl groups excluding tert-OH is 1. The van der Waals surface area contributed by atoms with Gasteiger partial charge < -0.3 is 28.8 Å². The van der Waals surface area contributed by atoms with Crippen LogP contribution in [0, 0.1) is 11.3 Å². The van der Waals surface area contributed by atoms with Gasteiger partial charge in [0.15, 0.2) is 0 Å². The van der Waals surface area contributed by atoms with Gasteiger partial charge in [0.2, 0.25) is 5.88 Å². The number of aliphatic hydroxyl groups is 1. The molecule has 0 bridgehead atoms. The molecule has 10 heteroatoms. The fraction of sp³-hybridized carbons (Fsp3) is 0.645. The molecule has 1 aliphatic carbocycles. The van der Waals surface area contributed by atoms with Gasteiger partial charge in [-0.2, -0.15) is 0 Å². The van der Waals surface area contributed by atoms with Gasteiger partial charge in [0.1, 0.15) is 29.2 Å². The number of amides is 1. The van der Waals surface area contributed by atoms with E-state index in [0.29, 0.717) is 35.6 Å². The van der Waals surface area contributed by atoms with Crippen molar-refractivity contribution < 1.29 is 38.4 Å². The maximum Gasteiger partial charge on any atom is 0.411 e. The highest BCUT2D eigenvalue weighted by Gasteiger charge is 2.45. The van der Waals surface area contributed by atoms with Gasteiger partial charge in [0.25, 0.3) is 0 Å². The van der Waals surface area contributed by atoms with Gasteiger partial charge in [-0.3, -0.25) is 4.90 Å². The van der Waals surface area contributed by atoms with E-state index in [4.69, 9.17) is 23.7 Å². The molecule has 0 radical (unpaired) electrons. The average Bonchev–Trinajstić information content (AvgIpc) is 3.51. The molecule has 226 valence electrons. The number of esters is 1. The third kappa shape index (κ3) is 7.15. The normalized spacial score (nSPS) is 22.4. The number of hydrogen-bond donors (Lipinski definition) is 1. The van der Waals surface area contributed by atoms with E-state index < -0.39 is 29.8 Å². The molecule has 10 nitrogen and oxygen atoms in total. The lowest BCUT2D eigenvalue weighted by molar-refractivity contribution is -0.145. The van der Waals surface area contributed by atoms with E-state index in [9.17, 15) is 14.7 Å². The Labute approximate surface area is 242 Å². The first kappa shape index (κ1) is 30.7. The number of aromatic nitrogens is 1. The lowest BCUT2D eigenvalue weighted by Crippen LogP contribution is -2.44. The molecule has 1 saturated heterocycles. The number of nitrogens with zero attached hydrogens (tertiary/aromatic N) is 2. The topological polar surface area (TPSA) is 117 Å². The van der Waals surface area contributed by atoms with Gasteiger partial charge in [-0.05, 0) is 69.4 Å². The van der Waals surface area contributed by atoms with Crippen LogP contribution in [0.2, 0.25) is 0 Å². The molecule has 2 fully saturated rings. The molecular formula is C31H44N2O8. The first-order valence-electron chi connectivity index (χ1n) is 14.3. The Bertz CT molecular complexity index is 1270. The van der Waals surface area contributed by atoms with Crippen LogP contribution in [0.5, 0.6) is 17.4 Å². The fourth-order valence-corrected chi connectivity index (χ4v) is 5.58. The van der Waals surface area contributed by atoms with E-state index in [1.165, 1.54) is 12.0 Å². The number of carbonyl (C=O) groups is 2. The molecule has 0 spiro atoms. The highest BCUT2D eigenvalue weighted by molar-refractivity contribution is 5.88. The Morgan fingerprint density at radius 1 is 1.07 bits per heavy atom. The molecule has 1 aliphatic heterocycles. The minimum absolute atomic E-state index is 0.140. The molecule has 2 unspecified atom stereocenters. The standard InChI is InChI=1S/C31H44N2O8/c1-9-39-27-14-26(40-19-11-24(28(35)38-8)33(16-19)29(36)41-30(2,3)4)22-12-21(25(37-7)13-23(22)32-27)20-10-18(20)15-31(5,6)17-34/h12-14,18-20,24,34H,9-11,15-17H2,1-8H3/t18?,19-,20?,24+/m1/s1. The molecular weight excluding hydrogens is 528 g/mol. The Kier molecular flexibility index (Phi) is 8.92. The van der Waals surface area contributed by atoms with Crippen LogP contribution in [0.15, 0.2) is 18.2 Å². The van der Waals surface area contributed by atoms with Crippen molar-refractivity contribution in [3.63, 3.8) is 0 Å². The average molecular weight is 573 g/mol. The van der Waals surface area contributed by atoms with Gasteiger partial charge in [-0.25, -0.2) is 14.6 Å². The highest BCUT2D eigenvalue weighted by Crippen LogP contribution is 2.55. The summed E-state index contributed by atoms with van der Waals surface area (Å²) in [7, 11) is 2.95. The Morgan fingerprint density at radius 2 is 1.80 bits per heavy atom. The minimum atomic E-state index is -0.822. The van der Waals surface area contributed by atoms with Crippen molar-refractivity contribution in [2.45, 2.75) is 84.5 Å². The number of rotatable bonds is 10. The van der Waals surface area contributed by atoms with Crippen molar-refractivity contribution in [2.75, 3.05) is 34.0 Å². The van der Waals surface area contributed by atoms with Crippen molar-refractivity contribution >= 4 is 23.0 Å². The first-order valence-corrected chi connectivity index (χ1v) is 14.3. The molecule has 1 amide bonds. The molecule has 4 atom stereocenters. The zero-order chi connectivity index (χ0) is 30.1. The summed E-state index contributed by atoms with van der Waals surface area (Å²) in [5.41, 5.74) is 0.867. The van der Waals surface area contributed by atoms with Gasteiger partial charge in [-0.15, -0.1) is 0 Å². The van der Waals surface area contributed by atoms with Gasteiger partial charge in [-0.1, -0.05) is 13.8 Å². The Hall–Kier alpha value is -3.27. The number of fused-ring (bicyclic) bond motifs is 1. The number of hydrogen-bond acceptors (Lipinski definition) is 9. The number of likely N-dealkylation sites (tertiary alicyclic amines) is 1. The van der Waals surface area contributed by atoms with E-state index in [1.54, 1.807) is 33.9 Å². The zero-order valence-electron chi connectivity index (χ0n) is 25.5. The summed E-state index contributed by atoms with van der Waals surface area (Å²) >= 11 is 0. The first-order chi connectivity index (χ1) is 19.3. The lowest BCUT2D eigenvalue weighted by atomic mass is 9.87. The summed E-state index contributed by atoms with van der Waals surface area (Å²) in [6, 6.07) is 4.91. The van der Waals surface area contributed by atoms with E-state index in [0.717, 1.165) is 29.5 Å². The van der Waals surface area contributed by atoms with Crippen LogP contribution in [-0.2, 0) is 14.3 Å². The largest absolute Gasteiger partial charge is 0.496 e. The van der Waals surface area contributed by atoms with Crippen molar-refractivity contribution in [3.8, 4) is 17.4 Å². The molecule has 1 N–H and O–H groups in total. The summed E-state index contributed by atoms with van der Waals surface area (Å²) in [6.45, 7) is 12.1. The predicted octanol–water partition coefficient (Wildman–Crippen LogP) is 5.08. The fourth-order valence-electron chi connectivity index (χ4n) is 5.58. The number of benzene rings is 1. The molecule has 1 aromatic heterocycles. The van der Waals surface area contributed by atoms with E-state index in [-0.39, 0.29) is 25.0 Å². The van der Waals surface area contributed by atoms with Crippen LogP contribution in [0.3, 0.4) is 0 Å². The summed E-state index contributed by atoms with van der Waals surface area (Å²) in [5.74, 6) is 1.94. The smallest absolute Gasteiger partial charge is 0.411 e. The molecule has 2 aromatic rings. The van der Waals surface area contributed by atoms with E-state index >= 15 is 0 Å². The second-order valence-corrected chi connectivity index (χ2v) is 12.8. The Morgan fingerprint density at radius 3 is 2.41 bits per heavy atom. The minimum Gasteiger partial charge on any atom is -0.496 e. The highest BCUT2D eigenvalue weighted by atomic mass is 16.6. The summed E-state index contributed by atoms with van der Waals surface area (Å²) in [5, 5.41) is 10.6. The van der Waals surface area contributed by atoms with Gasteiger partial charge in [0.05, 0.1) is 32.9 Å². The molecule has 2 aliphatic rings. The third-order valence-corrected chi connectivity index (χ3v) is 7.61. The summed E-state index contributed by atoms with van der Waals surface area (Å²) in [6.07, 6.45) is 1.10. The summed E-state index contributed by atoms with van der Waals surface area (Å²) in [4.78, 5) is 31.6. The lowest BCUT2D eigenvalue weighted by Gasteiger charge is -2.27. The maximum absolute atomic E-state index is 13.0. The van der Waals surface area contributed by atoms with Crippen molar-refractivity contribution in [1.82, 2.24) is 9.88 Å². The SMILES string of the molecule is CCOc1cc(O[C@@H]2C[C@@H](C(=O)OC)N(C(=O)OC(C)(C)C)C2)c2cc(C3CC3CC(C)(C)CO)c(OC)cc2n1. The van der Waals surface area contributed by atoms with E-state index in [1.807, 2.05) is 13.0 Å². The van der Waals surface area contributed by atoms with Crippen molar-refractivity contribution in [2.24, 2.45) is 11.3 Å². The van der Waals surface area contributed by atoms with Crippen LogP contribution >= 0.6 is 0 Å². The van der Waals surface area contributed by atoms with Crippen LogP contribution in [0.4, 0.5) is 4.79 Å². The third-order valence-electron chi connectivity index (χ3n) is 7.61. The quantitative estimate of drug-likeness (QED) is 0.389. The molecule has 4 rings (SSSR count).